The molecular formula is C21H20Cl3N. The van der Waals surface area contributed by atoms with Gasteiger partial charge < -0.3 is 0 Å². The number of halogens is 3. The molecule has 130 valence electrons. The van der Waals surface area contributed by atoms with Crippen LogP contribution in [0.1, 0.15) is 31.0 Å². The Morgan fingerprint density at radius 1 is 1.12 bits per heavy atom. The number of hydrogen-bond donors (Lipinski definition) is 0. The van der Waals surface area contributed by atoms with Crippen molar-refractivity contribution < 1.29 is 0 Å². The zero-order chi connectivity index (χ0) is 16.7. The molecule has 3 aromatic rings. The predicted molar refractivity (Wildman–Crippen MR) is 110 cm³/mol. The van der Waals surface area contributed by atoms with E-state index in [2.05, 4.69) is 13.0 Å². The lowest BCUT2D eigenvalue weighted by molar-refractivity contribution is 0.441. The van der Waals surface area contributed by atoms with E-state index in [1.54, 1.807) is 0 Å². The molecule has 1 heterocycles. The fourth-order valence-electron chi connectivity index (χ4n) is 3.80. The Labute approximate surface area is 164 Å². The van der Waals surface area contributed by atoms with Gasteiger partial charge in [0.15, 0.2) is 0 Å². The molecule has 0 saturated carbocycles. The monoisotopic (exact) mass is 391 g/mol. The summed E-state index contributed by atoms with van der Waals surface area (Å²) in [4.78, 5) is 4.94. The number of pyridine rings is 1. The largest absolute Gasteiger partial charge is 0.253 e. The molecule has 0 saturated heterocycles. The molecule has 0 spiro atoms. The van der Waals surface area contributed by atoms with Crippen molar-refractivity contribution in [1.82, 2.24) is 4.98 Å². The number of nitrogens with zero attached hydrogens (tertiary/aromatic N) is 1. The summed E-state index contributed by atoms with van der Waals surface area (Å²) in [7, 11) is 0. The summed E-state index contributed by atoms with van der Waals surface area (Å²) in [5.41, 5.74) is 5.89. The van der Waals surface area contributed by atoms with Crippen LogP contribution in [-0.4, -0.2) is 4.98 Å². The van der Waals surface area contributed by atoms with Crippen LogP contribution >= 0.6 is 35.6 Å². The van der Waals surface area contributed by atoms with Crippen molar-refractivity contribution in [2.24, 2.45) is 5.92 Å². The molecule has 4 heteroatoms. The van der Waals surface area contributed by atoms with Crippen molar-refractivity contribution in [2.75, 3.05) is 0 Å². The van der Waals surface area contributed by atoms with Crippen LogP contribution in [0.3, 0.4) is 0 Å². The van der Waals surface area contributed by atoms with Gasteiger partial charge in [-0.15, -0.1) is 12.4 Å². The summed E-state index contributed by atoms with van der Waals surface area (Å²) >= 11 is 12.9. The molecule has 1 aliphatic carbocycles. The second-order valence-corrected chi connectivity index (χ2v) is 7.41. The second-order valence-electron chi connectivity index (χ2n) is 6.57. The van der Waals surface area contributed by atoms with Crippen molar-refractivity contribution in [3.8, 4) is 11.1 Å². The first-order valence-electron chi connectivity index (χ1n) is 8.53. The zero-order valence-corrected chi connectivity index (χ0v) is 16.4. The average molecular weight is 393 g/mol. The fourth-order valence-corrected chi connectivity index (χ4v) is 4.21. The van der Waals surface area contributed by atoms with Crippen LogP contribution in [0.4, 0.5) is 0 Å². The van der Waals surface area contributed by atoms with E-state index in [4.69, 9.17) is 28.2 Å². The minimum atomic E-state index is 0. The first kappa shape index (κ1) is 18.5. The predicted octanol–water partition coefficient (Wildman–Crippen LogP) is 7.15. The number of hydrogen-bond acceptors (Lipinski definition) is 1. The highest BCUT2D eigenvalue weighted by Crippen LogP contribution is 2.41. The Bertz CT molecular complexity index is 920. The van der Waals surface area contributed by atoms with E-state index < -0.39 is 0 Å². The van der Waals surface area contributed by atoms with Crippen LogP contribution in [0.25, 0.3) is 22.0 Å². The van der Waals surface area contributed by atoms with Gasteiger partial charge in [-0.2, -0.15) is 0 Å². The number of aromatic nitrogens is 1. The van der Waals surface area contributed by atoms with Gasteiger partial charge in [-0.3, -0.25) is 4.98 Å². The third-order valence-electron chi connectivity index (χ3n) is 5.14. The van der Waals surface area contributed by atoms with Gasteiger partial charge in [0, 0.05) is 26.7 Å². The molecule has 0 N–H and O–H groups in total. The molecule has 1 aliphatic rings. The molecule has 0 fully saturated rings. The highest BCUT2D eigenvalue weighted by atomic mass is 35.5. The van der Waals surface area contributed by atoms with Crippen LogP contribution in [0.2, 0.25) is 10.0 Å². The van der Waals surface area contributed by atoms with Crippen molar-refractivity contribution in [3.05, 3.63) is 63.8 Å². The van der Waals surface area contributed by atoms with Gasteiger partial charge in [0.2, 0.25) is 0 Å². The van der Waals surface area contributed by atoms with Crippen molar-refractivity contribution >= 4 is 46.5 Å². The molecule has 1 aromatic heterocycles. The second kappa shape index (κ2) is 7.53. The SMILES string of the molecule is CCC1CCc2nc3ccc(Cl)cc3c(-c3ccccc3Cl)c2C1.Cl. The van der Waals surface area contributed by atoms with E-state index in [1.807, 2.05) is 36.4 Å². The molecule has 4 rings (SSSR count). The minimum Gasteiger partial charge on any atom is -0.253 e. The molecular weight excluding hydrogens is 373 g/mol. The lowest BCUT2D eigenvalue weighted by Gasteiger charge is -2.27. The number of rotatable bonds is 2. The maximum atomic E-state index is 6.56. The first-order valence-corrected chi connectivity index (χ1v) is 9.29. The minimum absolute atomic E-state index is 0. The Morgan fingerprint density at radius 3 is 2.68 bits per heavy atom. The number of benzene rings is 2. The molecule has 0 bridgehead atoms. The summed E-state index contributed by atoms with van der Waals surface area (Å²) in [6.45, 7) is 2.27. The Hall–Kier alpha value is -1.28. The lowest BCUT2D eigenvalue weighted by Crippen LogP contribution is -2.16. The Kier molecular flexibility index (Phi) is 5.58. The van der Waals surface area contributed by atoms with Gasteiger partial charge in [-0.1, -0.05) is 54.7 Å². The smallest absolute Gasteiger partial charge is 0.0712 e. The van der Waals surface area contributed by atoms with Gasteiger partial charge in [0.1, 0.15) is 0 Å². The van der Waals surface area contributed by atoms with E-state index in [0.29, 0.717) is 0 Å². The summed E-state index contributed by atoms with van der Waals surface area (Å²) in [6, 6.07) is 14.0. The average Bonchev–Trinajstić information content (AvgIpc) is 2.60. The number of fused-ring (bicyclic) bond motifs is 2. The fraction of sp³-hybridized carbons (Fsp3) is 0.286. The van der Waals surface area contributed by atoms with E-state index >= 15 is 0 Å². The summed E-state index contributed by atoms with van der Waals surface area (Å²) < 4.78 is 0. The Balaban J connectivity index is 0.00000182. The van der Waals surface area contributed by atoms with Crippen molar-refractivity contribution in [1.29, 1.82) is 0 Å². The summed E-state index contributed by atoms with van der Waals surface area (Å²) in [5.74, 6) is 0.720. The van der Waals surface area contributed by atoms with Crippen LogP contribution < -0.4 is 0 Å². The molecule has 2 aromatic carbocycles. The normalized spacial score (nSPS) is 16.4. The van der Waals surface area contributed by atoms with E-state index in [-0.39, 0.29) is 12.4 Å². The molecule has 1 atom stereocenters. The van der Waals surface area contributed by atoms with E-state index in [1.165, 1.54) is 29.7 Å². The van der Waals surface area contributed by atoms with Crippen LogP contribution in [0.5, 0.6) is 0 Å². The van der Waals surface area contributed by atoms with E-state index in [9.17, 15) is 0 Å². The van der Waals surface area contributed by atoms with Crippen molar-refractivity contribution in [3.63, 3.8) is 0 Å². The third-order valence-corrected chi connectivity index (χ3v) is 5.70. The van der Waals surface area contributed by atoms with Crippen molar-refractivity contribution in [2.45, 2.75) is 32.6 Å². The van der Waals surface area contributed by atoms with Gasteiger partial charge in [-0.25, -0.2) is 0 Å². The number of aryl methyl sites for hydroxylation is 1. The molecule has 0 amide bonds. The third kappa shape index (κ3) is 3.38. The van der Waals surface area contributed by atoms with Gasteiger partial charge in [-0.05, 0) is 60.6 Å². The standard InChI is InChI=1S/C21H19Cl2N.ClH/c1-2-13-7-9-19-16(11-13)21(15-5-3-4-6-18(15)23)17-12-14(22)8-10-20(17)24-19;/h3-6,8,10,12-13H,2,7,9,11H2,1H3;1H. The summed E-state index contributed by atoms with van der Waals surface area (Å²) in [5, 5.41) is 2.62. The van der Waals surface area contributed by atoms with Crippen LogP contribution in [0, 0.1) is 5.92 Å². The first-order chi connectivity index (χ1) is 11.7. The van der Waals surface area contributed by atoms with Crippen LogP contribution in [-0.2, 0) is 12.8 Å². The molecule has 1 nitrogen and oxygen atoms in total. The van der Waals surface area contributed by atoms with Gasteiger partial charge in [0.05, 0.1) is 5.52 Å². The molecule has 0 radical (unpaired) electrons. The van der Waals surface area contributed by atoms with E-state index in [0.717, 1.165) is 45.3 Å². The Morgan fingerprint density at radius 2 is 1.92 bits per heavy atom. The van der Waals surface area contributed by atoms with Gasteiger partial charge >= 0.3 is 0 Å². The highest BCUT2D eigenvalue weighted by molar-refractivity contribution is 6.34. The zero-order valence-electron chi connectivity index (χ0n) is 14.1. The maximum absolute atomic E-state index is 6.56. The quantitative estimate of drug-likeness (QED) is 0.451. The molecule has 25 heavy (non-hydrogen) atoms. The highest BCUT2D eigenvalue weighted by Gasteiger charge is 2.24. The van der Waals surface area contributed by atoms with Crippen LogP contribution in [0.15, 0.2) is 42.5 Å². The maximum Gasteiger partial charge on any atom is 0.0712 e. The molecule has 0 aliphatic heterocycles. The lowest BCUT2D eigenvalue weighted by atomic mass is 9.80. The molecule has 1 unspecified atom stereocenters. The topological polar surface area (TPSA) is 12.9 Å². The summed E-state index contributed by atoms with van der Waals surface area (Å²) in [6.07, 6.45) is 4.54. The van der Waals surface area contributed by atoms with Gasteiger partial charge in [0.25, 0.3) is 0 Å².